The molecule has 1 aromatic rings. The summed E-state index contributed by atoms with van der Waals surface area (Å²) in [6.45, 7) is 1.30. The van der Waals surface area contributed by atoms with Gasteiger partial charge in [-0.1, -0.05) is 5.21 Å². The molecule has 1 aliphatic rings. The SMILES string of the molecule is O=S1(=O)CCCC(NCc2cn(CCCO)nn2)C1. The molecule has 0 amide bonds. The number of hydrogen-bond acceptors (Lipinski definition) is 6. The largest absolute Gasteiger partial charge is 0.396 e. The Kier molecular flexibility index (Phi) is 4.89. The summed E-state index contributed by atoms with van der Waals surface area (Å²) in [7, 11) is -2.87. The van der Waals surface area contributed by atoms with E-state index >= 15 is 0 Å². The van der Waals surface area contributed by atoms with Crippen LogP contribution in [0.1, 0.15) is 25.0 Å². The fourth-order valence-electron chi connectivity index (χ4n) is 2.19. The number of aliphatic hydroxyl groups is 1. The van der Waals surface area contributed by atoms with Crippen molar-refractivity contribution in [2.24, 2.45) is 0 Å². The van der Waals surface area contributed by atoms with Crippen molar-refractivity contribution in [1.82, 2.24) is 20.3 Å². The highest BCUT2D eigenvalue weighted by molar-refractivity contribution is 7.91. The van der Waals surface area contributed by atoms with E-state index in [0.717, 1.165) is 18.5 Å². The Morgan fingerprint density at radius 3 is 3.11 bits per heavy atom. The van der Waals surface area contributed by atoms with E-state index in [1.54, 1.807) is 4.68 Å². The zero-order valence-electron chi connectivity index (χ0n) is 10.8. The van der Waals surface area contributed by atoms with Crippen molar-refractivity contribution in [2.45, 2.75) is 38.4 Å². The van der Waals surface area contributed by atoms with Crippen LogP contribution in [0.4, 0.5) is 0 Å². The number of hydrogen-bond donors (Lipinski definition) is 2. The van der Waals surface area contributed by atoms with Crippen molar-refractivity contribution in [3.05, 3.63) is 11.9 Å². The molecule has 0 radical (unpaired) electrons. The highest BCUT2D eigenvalue weighted by atomic mass is 32.2. The number of rotatable bonds is 6. The lowest BCUT2D eigenvalue weighted by molar-refractivity contribution is 0.276. The van der Waals surface area contributed by atoms with Gasteiger partial charge in [-0.3, -0.25) is 4.68 Å². The van der Waals surface area contributed by atoms with Crippen LogP contribution in [0.25, 0.3) is 0 Å². The molecular formula is C11H20N4O3S. The molecule has 0 saturated carbocycles. The molecule has 1 atom stereocenters. The summed E-state index contributed by atoms with van der Waals surface area (Å²) in [5.41, 5.74) is 0.793. The normalized spacial score (nSPS) is 22.5. The Balaban J connectivity index is 1.80. The molecule has 0 aliphatic carbocycles. The van der Waals surface area contributed by atoms with E-state index in [0.29, 0.717) is 25.3 Å². The molecule has 7 nitrogen and oxygen atoms in total. The third-order valence-electron chi connectivity index (χ3n) is 3.17. The van der Waals surface area contributed by atoms with Crippen molar-refractivity contribution in [3.63, 3.8) is 0 Å². The van der Waals surface area contributed by atoms with E-state index < -0.39 is 9.84 Å². The molecule has 19 heavy (non-hydrogen) atoms. The van der Waals surface area contributed by atoms with E-state index in [9.17, 15) is 8.42 Å². The van der Waals surface area contributed by atoms with Gasteiger partial charge in [-0.25, -0.2) is 8.42 Å². The second kappa shape index (κ2) is 6.44. The molecule has 0 spiro atoms. The summed E-state index contributed by atoms with van der Waals surface area (Å²) in [6, 6.07) is 0.0151. The Hall–Kier alpha value is -0.990. The van der Waals surface area contributed by atoms with E-state index in [-0.39, 0.29) is 18.4 Å². The minimum absolute atomic E-state index is 0.0151. The lowest BCUT2D eigenvalue weighted by Gasteiger charge is -2.22. The summed E-state index contributed by atoms with van der Waals surface area (Å²) in [5.74, 6) is 0.522. The van der Waals surface area contributed by atoms with E-state index in [4.69, 9.17) is 5.11 Å². The maximum atomic E-state index is 11.5. The van der Waals surface area contributed by atoms with Gasteiger partial charge in [-0.15, -0.1) is 5.10 Å². The van der Waals surface area contributed by atoms with Crippen LogP contribution >= 0.6 is 0 Å². The molecule has 1 saturated heterocycles. The average molecular weight is 288 g/mol. The highest BCUT2D eigenvalue weighted by Gasteiger charge is 2.24. The Morgan fingerprint density at radius 1 is 1.53 bits per heavy atom. The maximum Gasteiger partial charge on any atom is 0.151 e. The van der Waals surface area contributed by atoms with Gasteiger partial charge in [0.2, 0.25) is 0 Å². The number of sulfone groups is 1. The molecule has 1 aromatic heterocycles. The Labute approximate surface area is 112 Å². The van der Waals surface area contributed by atoms with Crippen LogP contribution < -0.4 is 5.32 Å². The summed E-state index contributed by atoms with van der Waals surface area (Å²) >= 11 is 0. The molecule has 2 heterocycles. The number of aryl methyl sites for hydroxylation is 1. The second-order valence-electron chi connectivity index (χ2n) is 4.88. The summed E-state index contributed by atoms with van der Waals surface area (Å²) in [6.07, 6.45) is 4.08. The lowest BCUT2D eigenvalue weighted by atomic mass is 10.2. The first-order valence-electron chi connectivity index (χ1n) is 6.53. The van der Waals surface area contributed by atoms with Gasteiger partial charge < -0.3 is 10.4 Å². The smallest absolute Gasteiger partial charge is 0.151 e. The number of nitrogens with one attached hydrogen (secondary N) is 1. The molecule has 0 aromatic carbocycles. The van der Waals surface area contributed by atoms with Crippen molar-refractivity contribution in [1.29, 1.82) is 0 Å². The van der Waals surface area contributed by atoms with Crippen LogP contribution in [0.5, 0.6) is 0 Å². The maximum absolute atomic E-state index is 11.5. The fourth-order valence-corrected chi connectivity index (χ4v) is 3.86. The molecule has 2 N–H and O–H groups in total. The molecule has 1 aliphatic heterocycles. The van der Waals surface area contributed by atoms with Gasteiger partial charge in [-0.2, -0.15) is 0 Å². The van der Waals surface area contributed by atoms with E-state index in [1.807, 2.05) is 6.20 Å². The lowest BCUT2D eigenvalue weighted by Crippen LogP contribution is -2.39. The minimum atomic E-state index is -2.87. The summed E-state index contributed by atoms with van der Waals surface area (Å²) in [4.78, 5) is 0. The molecule has 108 valence electrons. The number of aliphatic hydroxyl groups excluding tert-OH is 1. The first-order chi connectivity index (χ1) is 9.09. The number of aromatic nitrogens is 3. The van der Waals surface area contributed by atoms with Gasteiger partial charge in [0.1, 0.15) is 0 Å². The van der Waals surface area contributed by atoms with Crippen LogP contribution in [-0.4, -0.2) is 52.7 Å². The van der Waals surface area contributed by atoms with Gasteiger partial charge in [-0.05, 0) is 19.3 Å². The van der Waals surface area contributed by atoms with Crippen LogP contribution in [-0.2, 0) is 22.9 Å². The van der Waals surface area contributed by atoms with Gasteiger partial charge in [0.05, 0.1) is 17.2 Å². The van der Waals surface area contributed by atoms with E-state index in [2.05, 4.69) is 15.6 Å². The van der Waals surface area contributed by atoms with Gasteiger partial charge in [0.15, 0.2) is 9.84 Å². The predicted octanol–water partition coefficient (Wildman–Crippen LogP) is -0.673. The molecule has 1 fully saturated rings. The fraction of sp³-hybridized carbons (Fsp3) is 0.818. The Bertz CT molecular complexity index is 500. The Morgan fingerprint density at radius 2 is 2.37 bits per heavy atom. The molecular weight excluding hydrogens is 268 g/mol. The molecule has 2 rings (SSSR count). The molecule has 1 unspecified atom stereocenters. The van der Waals surface area contributed by atoms with Crippen LogP contribution in [0.2, 0.25) is 0 Å². The standard InChI is InChI=1S/C11H20N4O3S/c16-5-2-4-15-8-11(13-14-15)7-12-10-3-1-6-19(17,18)9-10/h8,10,12,16H,1-7,9H2. The average Bonchev–Trinajstić information content (AvgIpc) is 2.81. The first kappa shape index (κ1) is 14.4. The second-order valence-corrected chi connectivity index (χ2v) is 7.11. The highest BCUT2D eigenvalue weighted by Crippen LogP contribution is 2.12. The van der Waals surface area contributed by atoms with Crippen molar-refractivity contribution < 1.29 is 13.5 Å². The molecule has 0 bridgehead atoms. The van der Waals surface area contributed by atoms with Crippen LogP contribution in [0, 0.1) is 0 Å². The van der Waals surface area contributed by atoms with Crippen LogP contribution in [0.15, 0.2) is 6.20 Å². The van der Waals surface area contributed by atoms with Crippen molar-refractivity contribution >= 4 is 9.84 Å². The zero-order valence-corrected chi connectivity index (χ0v) is 11.6. The first-order valence-corrected chi connectivity index (χ1v) is 8.35. The minimum Gasteiger partial charge on any atom is -0.396 e. The topological polar surface area (TPSA) is 97.1 Å². The quantitative estimate of drug-likeness (QED) is 0.720. The zero-order chi connectivity index (χ0) is 13.7. The van der Waals surface area contributed by atoms with Crippen LogP contribution in [0.3, 0.4) is 0 Å². The summed E-state index contributed by atoms with van der Waals surface area (Å²) < 4.78 is 24.7. The molecule has 8 heteroatoms. The third-order valence-corrected chi connectivity index (χ3v) is 4.99. The third kappa shape index (κ3) is 4.55. The van der Waals surface area contributed by atoms with Crippen molar-refractivity contribution in [2.75, 3.05) is 18.1 Å². The van der Waals surface area contributed by atoms with Crippen molar-refractivity contribution in [3.8, 4) is 0 Å². The van der Waals surface area contributed by atoms with Gasteiger partial charge in [0, 0.05) is 31.9 Å². The predicted molar refractivity (Wildman–Crippen MR) is 70.2 cm³/mol. The van der Waals surface area contributed by atoms with E-state index in [1.165, 1.54) is 0 Å². The monoisotopic (exact) mass is 288 g/mol. The summed E-state index contributed by atoms with van der Waals surface area (Å²) in [5, 5.41) is 19.9. The van der Waals surface area contributed by atoms with Gasteiger partial charge in [0.25, 0.3) is 0 Å². The van der Waals surface area contributed by atoms with Gasteiger partial charge >= 0.3 is 0 Å². The number of nitrogens with zero attached hydrogens (tertiary/aromatic N) is 3.